The highest BCUT2D eigenvalue weighted by Crippen LogP contribution is 2.19. The van der Waals surface area contributed by atoms with E-state index in [2.05, 4.69) is 28.7 Å². The van der Waals surface area contributed by atoms with Gasteiger partial charge in [0.25, 0.3) is 0 Å². The Hall–Kier alpha value is -1.13. The first-order valence-corrected chi connectivity index (χ1v) is 5.92. The number of rotatable bonds is 2. The minimum atomic E-state index is 0.0247. The Labute approximate surface area is 93.4 Å². The lowest BCUT2D eigenvalue weighted by Gasteiger charge is -2.32. The van der Waals surface area contributed by atoms with Crippen LogP contribution in [0.25, 0.3) is 0 Å². The van der Waals surface area contributed by atoms with E-state index in [9.17, 15) is 4.79 Å². The van der Waals surface area contributed by atoms with Crippen molar-refractivity contribution in [3.05, 3.63) is 35.0 Å². The second kappa shape index (κ2) is 4.59. The lowest BCUT2D eigenvalue weighted by atomic mass is 10.1. The summed E-state index contributed by atoms with van der Waals surface area (Å²) in [4.78, 5) is 13.3. The fraction of sp³-hybridized carbons (Fsp3) is 0.364. The van der Waals surface area contributed by atoms with Crippen LogP contribution in [0.2, 0.25) is 0 Å². The monoisotopic (exact) mass is 222 g/mol. The zero-order valence-electron chi connectivity index (χ0n) is 8.48. The molecular formula is C11H14N2OS. The molecule has 3 nitrogen and oxygen atoms in total. The van der Waals surface area contributed by atoms with E-state index in [0.717, 1.165) is 19.6 Å². The summed E-state index contributed by atoms with van der Waals surface area (Å²) in [5.74, 6) is 0.0247. The van der Waals surface area contributed by atoms with Gasteiger partial charge in [0.1, 0.15) is 0 Å². The molecule has 1 aliphatic rings. The van der Waals surface area contributed by atoms with Crippen LogP contribution in [0.5, 0.6) is 0 Å². The van der Waals surface area contributed by atoms with E-state index in [1.165, 1.54) is 11.6 Å². The summed E-state index contributed by atoms with van der Waals surface area (Å²) < 4.78 is 0. The predicted octanol–water partition coefficient (Wildman–Crippen LogP) is 1.41. The number of thiophene rings is 1. The minimum Gasteiger partial charge on any atom is -0.336 e. The van der Waals surface area contributed by atoms with Gasteiger partial charge in [-0.05, 0) is 28.5 Å². The van der Waals surface area contributed by atoms with Crippen molar-refractivity contribution in [1.29, 1.82) is 0 Å². The zero-order valence-corrected chi connectivity index (χ0v) is 9.30. The van der Waals surface area contributed by atoms with Crippen LogP contribution < -0.4 is 5.32 Å². The lowest BCUT2D eigenvalue weighted by molar-refractivity contribution is -0.127. The number of carbonyl (C=O) groups is 1. The van der Waals surface area contributed by atoms with Crippen LogP contribution in [0.3, 0.4) is 0 Å². The Kier molecular flexibility index (Phi) is 3.18. The van der Waals surface area contributed by atoms with E-state index in [1.807, 2.05) is 4.90 Å². The highest BCUT2D eigenvalue weighted by Gasteiger charge is 2.22. The van der Waals surface area contributed by atoms with Crippen LogP contribution in [0, 0.1) is 0 Å². The highest BCUT2D eigenvalue weighted by atomic mass is 32.1. The van der Waals surface area contributed by atoms with Crippen molar-refractivity contribution in [1.82, 2.24) is 10.2 Å². The molecule has 1 unspecified atom stereocenters. The van der Waals surface area contributed by atoms with E-state index < -0.39 is 0 Å². The van der Waals surface area contributed by atoms with Crippen LogP contribution in [0.4, 0.5) is 0 Å². The lowest BCUT2D eigenvalue weighted by Crippen LogP contribution is -2.47. The largest absolute Gasteiger partial charge is 0.336 e. The van der Waals surface area contributed by atoms with Gasteiger partial charge in [-0.2, -0.15) is 11.3 Å². The van der Waals surface area contributed by atoms with E-state index >= 15 is 0 Å². The number of carbonyl (C=O) groups excluding carboxylic acids is 1. The molecule has 1 aromatic heterocycles. The molecule has 2 heterocycles. The van der Waals surface area contributed by atoms with Gasteiger partial charge in [0, 0.05) is 19.6 Å². The maximum Gasteiger partial charge on any atom is 0.246 e. The molecule has 1 saturated heterocycles. The Morgan fingerprint density at radius 2 is 2.60 bits per heavy atom. The first kappa shape index (κ1) is 10.4. The Morgan fingerprint density at radius 1 is 1.73 bits per heavy atom. The molecule has 0 aliphatic carbocycles. The van der Waals surface area contributed by atoms with Crippen LogP contribution >= 0.6 is 11.3 Å². The summed E-state index contributed by atoms with van der Waals surface area (Å²) in [5, 5.41) is 7.59. The van der Waals surface area contributed by atoms with Gasteiger partial charge in [0.05, 0.1) is 6.04 Å². The third-order valence-corrected chi connectivity index (χ3v) is 3.31. The van der Waals surface area contributed by atoms with Gasteiger partial charge in [-0.3, -0.25) is 4.79 Å². The van der Waals surface area contributed by atoms with Crippen molar-refractivity contribution in [3.8, 4) is 0 Å². The molecule has 1 fully saturated rings. The van der Waals surface area contributed by atoms with Gasteiger partial charge in [0.2, 0.25) is 5.91 Å². The van der Waals surface area contributed by atoms with Gasteiger partial charge in [-0.15, -0.1) is 0 Å². The van der Waals surface area contributed by atoms with Crippen molar-refractivity contribution >= 4 is 17.2 Å². The summed E-state index contributed by atoms with van der Waals surface area (Å²) in [6.07, 6.45) is 1.38. The molecule has 4 heteroatoms. The molecule has 1 N–H and O–H groups in total. The molecule has 15 heavy (non-hydrogen) atoms. The van der Waals surface area contributed by atoms with Gasteiger partial charge >= 0.3 is 0 Å². The Balaban J connectivity index is 2.04. The second-order valence-corrected chi connectivity index (χ2v) is 4.33. The fourth-order valence-corrected chi connectivity index (χ4v) is 2.49. The number of hydrogen-bond acceptors (Lipinski definition) is 3. The number of amides is 1. The zero-order chi connectivity index (χ0) is 10.7. The minimum absolute atomic E-state index is 0.0247. The third kappa shape index (κ3) is 2.27. The number of nitrogens with zero attached hydrogens (tertiary/aromatic N) is 1. The molecule has 1 atom stereocenters. The average Bonchev–Trinajstić information content (AvgIpc) is 2.82. The van der Waals surface area contributed by atoms with E-state index in [4.69, 9.17) is 0 Å². The standard InChI is InChI=1S/C11H14N2OS/c1-2-11(14)13-5-4-12-10(7-13)9-3-6-15-8-9/h2-3,6,8,10,12H,1,4-5,7H2. The predicted molar refractivity (Wildman–Crippen MR) is 61.8 cm³/mol. The van der Waals surface area contributed by atoms with E-state index in [0.29, 0.717) is 0 Å². The molecule has 0 radical (unpaired) electrons. The molecule has 1 aromatic rings. The summed E-state index contributed by atoms with van der Waals surface area (Å²) in [5.41, 5.74) is 1.27. The number of nitrogens with one attached hydrogen (secondary N) is 1. The topological polar surface area (TPSA) is 32.3 Å². The van der Waals surface area contributed by atoms with E-state index in [1.54, 1.807) is 11.3 Å². The van der Waals surface area contributed by atoms with Crippen molar-refractivity contribution in [2.24, 2.45) is 0 Å². The second-order valence-electron chi connectivity index (χ2n) is 3.55. The van der Waals surface area contributed by atoms with Crippen molar-refractivity contribution < 1.29 is 4.79 Å². The Morgan fingerprint density at radius 3 is 3.27 bits per heavy atom. The first-order chi connectivity index (χ1) is 7.31. The fourth-order valence-electron chi connectivity index (χ4n) is 1.78. The molecule has 0 saturated carbocycles. The third-order valence-electron chi connectivity index (χ3n) is 2.61. The SMILES string of the molecule is C=CC(=O)N1CCNC(c2ccsc2)C1. The molecule has 1 aliphatic heterocycles. The number of hydrogen-bond donors (Lipinski definition) is 1. The quantitative estimate of drug-likeness (QED) is 0.767. The van der Waals surface area contributed by atoms with Crippen molar-refractivity contribution in [3.63, 3.8) is 0 Å². The normalized spacial score (nSPS) is 21.3. The summed E-state index contributed by atoms with van der Waals surface area (Å²) >= 11 is 1.69. The van der Waals surface area contributed by atoms with Crippen molar-refractivity contribution in [2.45, 2.75) is 6.04 Å². The maximum absolute atomic E-state index is 11.5. The number of piperazine rings is 1. The molecule has 0 bridgehead atoms. The van der Waals surface area contributed by atoms with Crippen LogP contribution in [-0.2, 0) is 4.79 Å². The molecule has 2 rings (SSSR count). The van der Waals surface area contributed by atoms with Gasteiger partial charge in [-0.1, -0.05) is 6.58 Å². The van der Waals surface area contributed by atoms with Gasteiger partial charge in [0.15, 0.2) is 0 Å². The summed E-state index contributed by atoms with van der Waals surface area (Å²) in [7, 11) is 0. The summed E-state index contributed by atoms with van der Waals surface area (Å²) in [6.45, 7) is 5.87. The van der Waals surface area contributed by atoms with Crippen LogP contribution in [-0.4, -0.2) is 30.4 Å². The van der Waals surface area contributed by atoms with Gasteiger partial charge < -0.3 is 10.2 Å². The van der Waals surface area contributed by atoms with Crippen LogP contribution in [0.15, 0.2) is 29.5 Å². The molecular weight excluding hydrogens is 208 g/mol. The van der Waals surface area contributed by atoms with Gasteiger partial charge in [-0.25, -0.2) is 0 Å². The van der Waals surface area contributed by atoms with E-state index in [-0.39, 0.29) is 11.9 Å². The smallest absolute Gasteiger partial charge is 0.246 e. The molecule has 0 spiro atoms. The average molecular weight is 222 g/mol. The highest BCUT2D eigenvalue weighted by molar-refractivity contribution is 7.07. The summed E-state index contributed by atoms with van der Waals surface area (Å²) in [6, 6.07) is 2.37. The van der Waals surface area contributed by atoms with Crippen molar-refractivity contribution in [2.75, 3.05) is 19.6 Å². The van der Waals surface area contributed by atoms with Crippen LogP contribution in [0.1, 0.15) is 11.6 Å². The molecule has 0 aromatic carbocycles. The molecule has 80 valence electrons. The maximum atomic E-state index is 11.5. The molecule has 1 amide bonds. The first-order valence-electron chi connectivity index (χ1n) is 4.98. The Bertz CT molecular complexity index is 347.